The summed E-state index contributed by atoms with van der Waals surface area (Å²) >= 11 is 0. The second kappa shape index (κ2) is 5.55. The molecule has 0 saturated carbocycles. The van der Waals surface area contributed by atoms with Gasteiger partial charge in [-0.1, -0.05) is 0 Å². The number of carbonyl (C=O) groups is 1. The predicted octanol–water partition coefficient (Wildman–Crippen LogP) is 0.622. The number of hydrogen-bond donors (Lipinski definition) is 3. The van der Waals surface area contributed by atoms with Crippen LogP contribution in [-0.2, 0) is 4.79 Å². The molecule has 0 atom stereocenters. The minimum absolute atomic E-state index is 0.400. The first-order valence-corrected chi connectivity index (χ1v) is 5.54. The van der Waals surface area contributed by atoms with E-state index in [4.69, 9.17) is 5.73 Å². The fourth-order valence-corrected chi connectivity index (χ4v) is 2.03. The van der Waals surface area contributed by atoms with Crippen molar-refractivity contribution in [2.45, 2.75) is 0 Å². The van der Waals surface area contributed by atoms with Gasteiger partial charge in [0.2, 0.25) is 0 Å². The van der Waals surface area contributed by atoms with Crippen LogP contribution in [0.25, 0.3) is 0 Å². The maximum absolute atomic E-state index is 10.3. The van der Waals surface area contributed by atoms with Gasteiger partial charge in [-0.05, 0) is 16.9 Å². The summed E-state index contributed by atoms with van der Waals surface area (Å²) in [5.74, 6) is -0.400. The molecule has 0 aromatic carbocycles. The zero-order valence-corrected chi connectivity index (χ0v) is 8.19. The number of nitrogens with two attached hydrogens (primary N) is 1. The monoisotopic (exact) mass is 216 g/mol. The average Bonchev–Trinajstić information content (AvgIpc) is 2.82. The lowest BCUT2D eigenvalue weighted by atomic mass is 10.5. The normalized spacial score (nSPS) is 13.7. The molecule has 0 bridgehead atoms. The molecule has 1 aliphatic rings. The van der Waals surface area contributed by atoms with Crippen LogP contribution in [0.3, 0.4) is 0 Å². The first kappa shape index (κ1) is 10.0. The van der Waals surface area contributed by atoms with Crippen LogP contribution in [0.2, 0.25) is 0 Å². The molecule has 1 aromatic heterocycles. The molecule has 2 heterocycles. The summed E-state index contributed by atoms with van der Waals surface area (Å²) in [7, 11) is 2.84. The third kappa shape index (κ3) is 3.90. The van der Waals surface area contributed by atoms with Gasteiger partial charge in [0.25, 0.3) is 5.91 Å². The predicted molar refractivity (Wildman–Crippen MR) is 54.2 cm³/mol. The van der Waals surface area contributed by atoms with Crippen LogP contribution in [0.5, 0.6) is 0 Å². The molecule has 70 valence electrons. The molecule has 5 nitrogen and oxygen atoms in total. The zero-order valence-electron chi connectivity index (χ0n) is 6.56. The SMILES string of the molecule is NC(=O)C1=CSSN1.c1cn[nH]c1. The maximum Gasteiger partial charge on any atom is 0.266 e. The average molecular weight is 216 g/mol. The zero-order chi connectivity index (χ0) is 9.52. The van der Waals surface area contributed by atoms with Crippen LogP contribution in [0, 0.1) is 0 Å². The van der Waals surface area contributed by atoms with Gasteiger partial charge in [0.15, 0.2) is 0 Å². The van der Waals surface area contributed by atoms with Gasteiger partial charge in [-0.3, -0.25) is 9.89 Å². The van der Waals surface area contributed by atoms with E-state index in [0.29, 0.717) is 5.70 Å². The molecule has 1 aromatic rings. The fourth-order valence-electron chi connectivity index (χ4n) is 0.489. The molecular formula is C6H8N4OS2. The van der Waals surface area contributed by atoms with Crippen molar-refractivity contribution < 1.29 is 4.79 Å². The van der Waals surface area contributed by atoms with E-state index in [-0.39, 0.29) is 0 Å². The molecule has 0 aliphatic carbocycles. The molecule has 2 rings (SSSR count). The quantitative estimate of drug-likeness (QED) is 0.473. The van der Waals surface area contributed by atoms with E-state index in [1.54, 1.807) is 17.8 Å². The Hall–Kier alpha value is -1.08. The van der Waals surface area contributed by atoms with Gasteiger partial charge in [0.05, 0.1) is 0 Å². The van der Waals surface area contributed by atoms with Crippen molar-refractivity contribution >= 4 is 27.7 Å². The van der Waals surface area contributed by atoms with Gasteiger partial charge in [0, 0.05) is 28.8 Å². The van der Waals surface area contributed by atoms with Crippen molar-refractivity contribution in [3.05, 3.63) is 29.6 Å². The Morgan fingerprint density at radius 2 is 2.46 bits per heavy atom. The Kier molecular flexibility index (Phi) is 4.27. The molecule has 13 heavy (non-hydrogen) atoms. The second-order valence-electron chi connectivity index (χ2n) is 1.94. The van der Waals surface area contributed by atoms with Crippen molar-refractivity contribution in [1.82, 2.24) is 14.9 Å². The molecule has 0 unspecified atom stereocenters. The lowest BCUT2D eigenvalue weighted by Crippen LogP contribution is -2.19. The van der Waals surface area contributed by atoms with E-state index >= 15 is 0 Å². The molecule has 0 fully saturated rings. The number of primary amides is 1. The number of nitrogens with one attached hydrogen (secondary N) is 2. The molecule has 0 spiro atoms. The van der Waals surface area contributed by atoms with Crippen molar-refractivity contribution in [2.24, 2.45) is 5.73 Å². The van der Waals surface area contributed by atoms with E-state index in [1.165, 1.54) is 21.8 Å². The largest absolute Gasteiger partial charge is 0.364 e. The van der Waals surface area contributed by atoms with E-state index in [9.17, 15) is 4.79 Å². The molecule has 0 radical (unpaired) electrons. The minimum Gasteiger partial charge on any atom is -0.364 e. The van der Waals surface area contributed by atoms with Crippen molar-refractivity contribution in [1.29, 1.82) is 0 Å². The minimum atomic E-state index is -0.400. The maximum atomic E-state index is 10.3. The van der Waals surface area contributed by atoms with Gasteiger partial charge < -0.3 is 10.5 Å². The summed E-state index contributed by atoms with van der Waals surface area (Å²) in [6.07, 6.45) is 3.46. The van der Waals surface area contributed by atoms with E-state index in [2.05, 4.69) is 14.9 Å². The number of H-pyrrole nitrogens is 1. The fraction of sp³-hybridized carbons (Fsp3) is 0. The van der Waals surface area contributed by atoms with E-state index < -0.39 is 5.91 Å². The highest BCUT2D eigenvalue weighted by Crippen LogP contribution is 2.27. The Morgan fingerprint density at radius 3 is 2.69 bits per heavy atom. The number of rotatable bonds is 1. The Labute approximate surface area is 83.1 Å². The van der Waals surface area contributed by atoms with Crippen molar-refractivity contribution in [3.8, 4) is 0 Å². The van der Waals surface area contributed by atoms with Crippen molar-refractivity contribution in [2.75, 3.05) is 0 Å². The summed E-state index contributed by atoms with van der Waals surface area (Å²) in [6.45, 7) is 0. The lowest BCUT2D eigenvalue weighted by Gasteiger charge is -1.91. The summed E-state index contributed by atoms with van der Waals surface area (Å²) < 4.78 is 2.72. The van der Waals surface area contributed by atoms with Crippen LogP contribution in [0.15, 0.2) is 29.6 Å². The Morgan fingerprint density at radius 1 is 1.62 bits per heavy atom. The number of aromatic nitrogens is 2. The number of amides is 1. The first-order valence-electron chi connectivity index (χ1n) is 3.33. The van der Waals surface area contributed by atoms with E-state index in [0.717, 1.165) is 0 Å². The van der Waals surface area contributed by atoms with Crippen molar-refractivity contribution in [3.63, 3.8) is 0 Å². The van der Waals surface area contributed by atoms with Crippen LogP contribution in [-0.4, -0.2) is 16.1 Å². The number of aromatic amines is 1. The highest BCUT2D eigenvalue weighted by Gasteiger charge is 2.08. The molecule has 0 saturated heterocycles. The third-order valence-electron chi connectivity index (χ3n) is 1.04. The topological polar surface area (TPSA) is 83.8 Å². The molecule has 7 heteroatoms. The third-order valence-corrected chi connectivity index (χ3v) is 2.60. The van der Waals surface area contributed by atoms with Gasteiger partial charge in [-0.25, -0.2) is 0 Å². The van der Waals surface area contributed by atoms with Gasteiger partial charge in [-0.2, -0.15) is 5.10 Å². The smallest absolute Gasteiger partial charge is 0.266 e. The van der Waals surface area contributed by atoms with Crippen LogP contribution < -0.4 is 10.5 Å². The van der Waals surface area contributed by atoms with Crippen LogP contribution in [0.4, 0.5) is 0 Å². The standard InChI is InChI=1S/C3H4N2OS2.C3H4N2/c4-3(6)2-1-7-8-5-2;1-2-4-5-3-1/h1,5H,(H2,4,6);1-3H,(H,4,5). The Bertz CT molecular complexity index is 268. The lowest BCUT2D eigenvalue weighted by molar-refractivity contribution is -0.114. The summed E-state index contributed by atoms with van der Waals surface area (Å²) in [6, 6.07) is 1.83. The van der Waals surface area contributed by atoms with Crippen LogP contribution >= 0.6 is 21.8 Å². The van der Waals surface area contributed by atoms with E-state index in [1.807, 2.05) is 6.07 Å². The highest BCUT2D eigenvalue weighted by atomic mass is 33.1. The number of nitrogens with zero attached hydrogens (tertiary/aromatic N) is 1. The summed E-state index contributed by atoms with van der Waals surface area (Å²) in [5.41, 5.74) is 5.39. The number of hydrogen-bond acceptors (Lipinski definition) is 5. The molecule has 4 N–H and O–H groups in total. The second-order valence-corrected chi connectivity index (χ2v) is 3.82. The number of carbonyl (C=O) groups excluding carboxylic acids is 1. The molecule has 1 aliphatic heterocycles. The van der Waals surface area contributed by atoms with Gasteiger partial charge >= 0.3 is 0 Å². The summed E-state index contributed by atoms with van der Waals surface area (Å²) in [5, 5.41) is 7.90. The summed E-state index contributed by atoms with van der Waals surface area (Å²) in [4.78, 5) is 10.3. The van der Waals surface area contributed by atoms with Gasteiger partial charge in [0.1, 0.15) is 5.70 Å². The van der Waals surface area contributed by atoms with Crippen LogP contribution in [0.1, 0.15) is 0 Å². The first-order chi connectivity index (χ1) is 6.30. The van der Waals surface area contributed by atoms with Gasteiger partial charge in [-0.15, -0.1) is 0 Å². The highest BCUT2D eigenvalue weighted by molar-refractivity contribution is 8.77. The molecular weight excluding hydrogens is 208 g/mol. The Balaban J connectivity index is 0.000000145. The molecule has 1 amide bonds.